The van der Waals surface area contributed by atoms with Gasteiger partial charge in [0.2, 0.25) is 11.5 Å². The van der Waals surface area contributed by atoms with Crippen LogP contribution in [0.1, 0.15) is 0 Å². The maximum Gasteiger partial charge on any atom is 0.200 e. The Hall–Kier alpha value is -3.94. The highest BCUT2D eigenvalue weighted by Crippen LogP contribution is 2.50. The van der Waals surface area contributed by atoms with Gasteiger partial charge in [0.25, 0.3) is 0 Å². The first-order chi connectivity index (χ1) is 12.2. The fourth-order valence-electron chi connectivity index (χ4n) is 2.58. The van der Waals surface area contributed by atoms with Crippen LogP contribution in [0.15, 0.2) is 36.4 Å². The standard InChI is InChI=1S/C18H14O8/c19-11-3-1-7(15(23)17(11)25)9-5-10(14(22)6-13(9)21)8-2-4-12(20)18(26)16(8)24/h1-6,19-26H. The molecule has 3 rings (SSSR count). The molecular weight excluding hydrogens is 344 g/mol. The van der Waals surface area contributed by atoms with Crippen LogP contribution in [0.5, 0.6) is 46.0 Å². The number of rotatable bonds is 2. The average Bonchev–Trinajstić information content (AvgIpc) is 2.60. The minimum Gasteiger partial charge on any atom is -0.507 e. The summed E-state index contributed by atoms with van der Waals surface area (Å²) in [4.78, 5) is 0. The first-order valence-electron chi connectivity index (χ1n) is 7.26. The molecule has 8 heteroatoms. The second-order valence-electron chi connectivity index (χ2n) is 5.55. The summed E-state index contributed by atoms with van der Waals surface area (Å²) in [6, 6.07) is 6.79. The van der Waals surface area contributed by atoms with E-state index in [2.05, 4.69) is 0 Å². The molecule has 0 unspecified atom stereocenters. The Kier molecular flexibility index (Phi) is 3.80. The molecule has 0 aromatic heterocycles. The molecule has 0 saturated heterocycles. The van der Waals surface area contributed by atoms with E-state index >= 15 is 0 Å². The molecule has 8 nitrogen and oxygen atoms in total. The van der Waals surface area contributed by atoms with Crippen LogP contribution in [0.2, 0.25) is 0 Å². The number of hydrogen-bond donors (Lipinski definition) is 8. The van der Waals surface area contributed by atoms with Crippen LogP contribution in [0.3, 0.4) is 0 Å². The fraction of sp³-hybridized carbons (Fsp3) is 0. The van der Waals surface area contributed by atoms with Gasteiger partial charge in [-0.1, -0.05) is 0 Å². The third-order valence-corrected chi connectivity index (χ3v) is 3.95. The largest absolute Gasteiger partial charge is 0.507 e. The van der Waals surface area contributed by atoms with E-state index in [9.17, 15) is 40.9 Å². The highest BCUT2D eigenvalue weighted by Gasteiger charge is 2.21. The Morgan fingerprint density at radius 1 is 0.346 bits per heavy atom. The monoisotopic (exact) mass is 358 g/mol. The summed E-state index contributed by atoms with van der Waals surface area (Å²) in [7, 11) is 0. The number of hydrogen-bond acceptors (Lipinski definition) is 8. The summed E-state index contributed by atoms with van der Waals surface area (Å²) in [5.74, 6) is -5.01. The summed E-state index contributed by atoms with van der Waals surface area (Å²) in [5, 5.41) is 78.4. The van der Waals surface area contributed by atoms with E-state index in [-0.39, 0.29) is 22.3 Å². The van der Waals surface area contributed by atoms with E-state index in [4.69, 9.17) is 0 Å². The minimum atomic E-state index is -0.790. The van der Waals surface area contributed by atoms with Gasteiger partial charge in [-0.3, -0.25) is 0 Å². The normalized spacial score (nSPS) is 10.8. The molecule has 0 amide bonds. The van der Waals surface area contributed by atoms with Crippen molar-refractivity contribution in [2.24, 2.45) is 0 Å². The highest BCUT2D eigenvalue weighted by molar-refractivity contribution is 5.87. The second kappa shape index (κ2) is 5.85. The Bertz CT molecular complexity index is 948. The van der Waals surface area contributed by atoms with E-state index in [0.717, 1.165) is 18.2 Å². The van der Waals surface area contributed by atoms with E-state index in [1.54, 1.807) is 0 Å². The third-order valence-electron chi connectivity index (χ3n) is 3.95. The molecule has 8 N–H and O–H groups in total. The van der Waals surface area contributed by atoms with Crippen molar-refractivity contribution >= 4 is 0 Å². The van der Waals surface area contributed by atoms with Gasteiger partial charge < -0.3 is 40.9 Å². The fourth-order valence-corrected chi connectivity index (χ4v) is 2.58. The van der Waals surface area contributed by atoms with Gasteiger partial charge in [0.1, 0.15) is 11.5 Å². The van der Waals surface area contributed by atoms with Crippen LogP contribution in [-0.2, 0) is 0 Å². The molecule has 0 spiro atoms. The van der Waals surface area contributed by atoms with Gasteiger partial charge in [-0.25, -0.2) is 0 Å². The molecular formula is C18H14O8. The zero-order valence-electron chi connectivity index (χ0n) is 13.0. The van der Waals surface area contributed by atoms with E-state index in [1.165, 1.54) is 18.2 Å². The quantitative estimate of drug-likeness (QED) is 0.324. The van der Waals surface area contributed by atoms with Gasteiger partial charge in [0, 0.05) is 28.3 Å². The first-order valence-corrected chi connectivity index (χ1v) is 7.26. The van der Waals surface area contributed by atoms with Crippen LogP contribution >= 0.6 is 0 Å². The molecule has 0 bridgehead atoms. The zero-order valence-corrected chi connectivity index (χ0v) is 13.0. The van der Waals surface area contributed by atoms with Crippen molar-refractivity contribution < 1.29 is 40.9 Å². The maximum atomic E-state index is 10.1. The molecule has 134 valence electrons. The molecule has 3 aromatic carbocycles. The smallest absolute Gasteiger partial charge is 0.200 e. The Balaban J connectivity index is 2.28. The molecule has 0 fully saturated rings. The van der Waals surface area contributed by atoms with Crippen LogP contribution in [-0.4, -0.2) is 40.9 Å². The Morgan fingerprint density at radius 2 is 0.731 bits per heavy atom. The van der Waals surface area contributed by atoms with Gasteiger partial charge >= 0.3 is 0 Å². The summed E-state index contributed by atoms with van der Waals surface area (Å²) in [6.07, 6.45) is 0. The van der Waals surface area contributed by atoms with Crippen molar-refractivity contribution in [2.75, 3.05) is 0 Å². The molecule has 0 atom stereocenters. The van der Waals surface area contributed by atoms with Crippen molar-refractivity contribution in [1.29, 1.82) is 0 Å². The van der Waals surface area contributed by atoms with E-state index in [0.29, 0.717) is 0 Å². The topological polar surface area (TPSA) is 162 Å². The third kappa shape index (κ3) is 2.49. The van der Waals surface area contributed by atoms with Gasteiger partial charge in [-0.2, -0.15) is 0 Å². The van der Waals surface area contributed by atoms with E-state index in [1.807, 2.05) is 0 Å². The van der Waals surface area contributed by atoms with Crippen LogP contribution < -0.4 is 0 Å². The Morgan fingerprint density at radius 3 is 1.12 bits per heavy atom. The zero-order chi connectivity index (χ0) is 19.2. The van der Waals surface area contributed by atoms with Crippen molar-refractivity contribution in [3.63, 3.8) is 0 Å². The number of aromatic hydroxyl groups is 8. The lowest BCUT2D eigenvalue weighted by Crippen LogP contribution is -1.87. The van der Waals surface area contributed by atoms with Crippen molar-refractivity contribution in [3.05, 3.63) is 36.4 Å². The molecule has 0 aliphatic rings. The lowest BCUT2D eigenvalue weighted by atomic mass is 9.95. The summed E-state index contributed by atoms with van der Waals surface area (Å²) < 4.78 is 0. The Labute approximate surface area is 146 Å². The van der Waals surface area contributed by atoms with Gasteiger partial charge in [-0.15, -0.1) is 0 Å². The minimum absolute atomic E-state index is 0.0300. The maximum absolute atomic E-state index is 10.1. The number of phenols is 8. The molecule has 0 heterocycles. The van der Waals surface area contributed by atoms with Gasteiger partial charge in [0.05, 0.1) is 0 Å². The SMILES string of the molecule is Oc1cc(O)c(-c2ccc(O)c(O)c2O)cc1-c1ccc(O)c(O)c1O. The highest BCUT2D eigenvalue weighted by atomic mass is 16.3. The molecule has 0 aliphatic carbocycles. The molecule has 0 aliphatic heterocycles. The first kappa shape index (κ1) is 16.9. The van der Waals surface area contributed by atoms with E-state index < -0.39 is 46.0 Å². The predicted molar refractivity (Wildman–Crippen MR) is 90.6 cm³/mol. The van der Waals surface area contributed by atoms with Crippen molar-refractivity contribution in [1.82, 2.24) is 0 Å². The lowest BCUT2D eigenvalue weighted by Gasteiger charge is -2.14. The number of phenolic OH excluding ortho intramolecular Hbond substituents is 8. The van der Waals surface area contributed by atoms with Gasteiger partial charge in [0.15, 0.2) is 23.0 Å². The lowest BCUT2D eigenvalue weighted by molar-refractivity contribution is 0.368. The second-order valence-corrected chi connectivity index (χ2v) is 5.55. The van der Waals surface area contributed by atoms with Crippen LogP contribution in [0.4, 0.5) is 0 Å². The number of benzene rings is 3. The van der Waals surface area contributed by atoms with Crippen molar-refractivity contribution in [3.8, 4) is 68.2 Å². The molecule has 0 radical (unpaired) electrons. The molecule has 0 saturated carbocycles. The molecule has 26 heavy (non-hydrogen) atoms. The van der Waals surface area contributed by atoms with Gasteiger partial charge in [-0.05, 0) is 30.3 Å². The van der Waals surface area contributed by atoms with Crippen molar-refractivity contribution in [2.45, 2.75) is 0 Å². The average molecular weight is 358 g/mol. The summed E-state index contributed by atoms with van der Waals surface area (Å²) in [6.45, 7) is 0. The summed E-state index contributed by atoms with van der Waals surface area (Å²) >= 11 is 0. The predicted octanol–water partition coefficient (Wildman–Crippen LogP) is 2.67. The summed E-state index contributed by atoms with van der Waals surface area (Å²) in [5.41, 5.74) is -0.168. The van der Waals surface area contributed by atoms with Crippen LogP contribution in [0.25, 0.3) is 22.3 Å². The van der Waals surface area contributed by atoms with Crippen LogP contribution in [0, 0.1) is 0 Å². The molecule has 3 aromatic rings.